The van der Waals surface area contributed by atoms with Crippen molar-refractivity contribution in [1.82, 2.24) is 14.7 Å². The van der Waals surface area contributed by atoms with Gasteiger partial charge >= 0.3 is 0 Å². The van der Waals surface area contributed by atoms with Crippen LogP contribution in [0.25, 0.3) is 0 Å². The second-order valence-corrected chi connectivity index (χ2v) is 9.57. The number of nitrogens with zero attached hydrogens (tertiary/aromatic N) is 3. The van der Waals surface area contributed by atoms with Crippen LogP contribution in [0.3, 0.4) is 0 Å². The molecule has 0 saturated carbocycles. The highest BCUT2D eigenvalue weighted by atomic mass is 15.2. The summed E-state index contributed by atoms with van der Waals surface area (Å²) in [5.41, 5.74) is 0.443. The summed E-state index contributed by atoms with van der Waals surface area (Å²) in [7, 11) is 4.57. The predicted molar refractivity (Wildman–Crippen MR) is 108 cm³/mol. The summed E-state index contributed by atoms with van der Waals surface area (Å²) in [6.07, 6.45) is 5.36. The minimum atomic E-state index is 0.443. The van der Waals surface area contributed by atoms with Gasteiger partial charge in [-0.25, -0.2) is 0 Å². The summed E-state index contributed by atoms with van der Waals surface area (Å²) in [6.45, 7) is 20.4. The van der Waals surface area contributed by atoms with Gasteiger partial charge in [0.05, 0.1) is 0 Å². The largest absolute Gasteiger partial charge is 0.306 e. The zero-order valence-corrected chi connectivity index (χ0v) is 17.9. The molecule has 0 aliphatic carbocycles. The maximum Gasteiger partial charge on any atom is 0.00385 e. The minimum absolute atomic E-state index is 0.443. The summed E-state index contributed by atoms with van der Waals surface area (Å²) >= 11 is 0. The number of likely N-dealkylation sites (tertiary alicyclic amines) is 1. The Bertz CT molecular complexity index is 330. The van der Waals surface area contributed by atoms with E-state index in [0.29, 0.717) is 17.5 Å². The Kier molecular flexibility index (Phi) is 9.25. The zero-order chi connectivity index (χ0) is 18.3. The monoisotopic (exact) mass is 339 g/mol. The van der Waals surface area contributed by atoms with Crippen LogP contribution in [0.4, 0.5) is 0 Å². The molecule has 1 aliphatic rings. The van der Waals surface area contributed by atoms with Gasteiger partial charge in [0.25, 0.3) is 0 Å². The molecule has 0 amide bonds. The topological polar surface area (TPSA) is 9.72 Å². The molecule has 0 unspecified atom stereocenters. The maximum atomic E-state index is 2.63. The van der Waals surface area contributed by atoms with Gasteiger partial charge in [-0.3, -0.25) is 0 Å². The van der Waals surface area contributed by atoms with Crippen LogP contribution >= 0.6 is 0 Å². The second-order valence-electron chi connectivity index (χ2n) is 9.57. The van der Waals surface area contributed by atoms with Crippen LogP contribution < -0.4 is 0 Å². The molecule has 0 atom stereocenters. The van der Waals surface area contributed by atoms with Crippen LogP contribution in [0.2, 0.25) is 0 Å². The van der Waals surface area contributed by atoms with E-state index in [-0.39, 0.29) is 0 Å². The number of hydrogen-bond acceptors (Lipinski definition) is 3. The molecule has 1 aliphatic heterocycles. The molecule has 0 aromatic carbocycles. The maximum absolute atomic E-state index is 2.63. The molecule has 1 saturated heterocycles. The fraction of sp³-hybridized carbons (Fsp3) is 1.00. The molecule has 1 rings (SSSR count). The Labute approximate surface area is 152 Å². The van der Waals surface area contributed by atoms with Crippen molar-refractivity contribution in [2.45, 2.75) is 79.3 Å². The van der Waals surface area contributed by atoms with Crippen LogP contribution in [-0.4, -0.2) is 73.6 Å². The number of rotatable bonds is 10. The molecule has 1 heterocycles. The Balaban J connectivity index is 2.24. The first kappa shape index (κ1) is 21.9. The predicted octanol–water partition coefficient (Wildman–Crippen LogP) is 4.19. The minimum Gasteiger partial charge on any atom is -0.306 e. The van der Waals surface area contributed by atoms with Crippen LogP contribution in [0.15, 0.2) is 0 Å². The molecule has 3 nitrogen and oxygen atoms in total. The molecular formula is C21H45N3. The third-order valence-corrected chi connectivity index (χ3v) is 6.14. The zero-order valence-electron chi connectivity index (χ0n) is 17.9. The Morgan fingerprint density at radius 2 is 1.50 bits per heavy atom. The van der Waals surface area contributed by atoms with Gasteiger partial charge in [-0.2, -0.15) is 0 Å². The third-order valence-electron chi connectivity index (χ3n) is 6.14. The van der Waals surface area contributed by atoms with Crippen molar-refractivity contribution < 1.29 is 0 Å². The molecule has 0 radical (unpaired) electrons. The van der Waals surface area contributed by atoms with Gasteiger partial charge in [-0.15, -0.1) is 0 Å². The fourth-order valence-electron chi connectivity index (χ4n) is 3.54. The average Bonchev–Trinajstić information content (AvgIpc) is 2.51. The fourth-order valence-corrected chi connectivity index (χ4v) is 3.54. The van der Waals surface area contributed by atoms with Crippen molar-refractivity contribution in [2.75, 3.05) is 46.8 Å². The molecule has 0 aromatic rings. The summed E-state index contributed by atoms with van der Waals surface area (Å²) in [4.78, 5) is 7.68. The summed E-state index contributed by atoms with van der Waals surface area (Å²) in [6, 6.07) is 1.37. The van der Waals surface area contributed by atoms with Crippen LogP contribution in [0.1, 0.15) is 67.2 Å². The highest BCUT2D eigenvalue weighted by Gasteiger charge is 2.23. The van der Waals surface area contributed by atoms with Gasteiger partial charge in [-0.05, 0) is 105 Å². The van der Waals surface area contributed by atoms with Crippen LogP contribution in [0, 0.1) is 11.3 Å². The molecular weight excluding hydrogens is 294 g/mol. The van der Waals surface area contributed by atoms with Crippen molar-refractivity contribution >= 4 is 0 Å². The van der Waals surface area contributed by atoms with Gasteiger partial charge in [-0.1, -0.05) is 13.8 Å². The molecule has 0 spiro atoms. The highest BCUT2D eigenvalue weighted by Crippen LogP contribution is 2.26. The lowest BCUT2D eigenvalue weighted by atomic mass is 9.85. The lowest BCUT2D eigenvalue weighted by Gasteiger charge is -2.36. The van der Waals surface area contributed by atoms with Crippen LogP contribution in [-0.2, 0) is 0 Å². The van der Waals surface area contributed by atoms with E-state index in [1.807, 2.05) is 0 Å². The number of piperidine rings is 1. The third kappa shape index (κ3) is 8.31. The van der Waals surface area contributed by atoms with Crippen molar-refractivity contribution in [3.63, 3.8) is 0 Å². The quantitative estimate of drug-likeness (QED) is 0.591. The van der Waals surface area contributed by atoms with E-state index in [9.17, 15) is 0 Å². The highest BCUT2D eigenvalue weighted by molar-refractivity contribution is 4.78. The summed E-state index contributed by atoms with van der Waals surface area (Å²) in [5.74, 6) is 0.903. The van der Waals surface area contributed by atoms with Gasteiger partial charge in [0.1, 0.15) is 0 Å². The molecule has 0 aromatic heterocycles. The lowest BCUT2D eigenvalue weighted by molar-refractivity contribution is 0.122. The van der Waals surface area contributed by atoms with E-state index in [2.05, 4.69) is 70.3 Å². The molecule has 0 N–H and O–H groups in total. The van der Waals surface area contributed by atoms with Gasteiger partial charge in [0.2, 0.25) is 0 Å². The second kappa shape index (κ2) is 10.1. The standard InChI is InChI=1S/C21H45N3/c1-18(2)23(8)16-12-21(5,6)11-15-22(7)17-20-9-13-24(14-10-20)19(3)4/h18-20H,9-17H2,1-8H3. The Morgan fingerprint density at radius 3 is 2.00 bits per heavy atom. The number of hydrogen-bond donors (Lipinski definition) is 0. The Hall–Kier alpha value is -0.120. The van der Waals surface area contributed by atoms with E-state index in [1.54, 1.807) is 0 Å². The smallest absolute Gasteiger partial charge is 0.00385 e. The van der Waals surface area contributed by atoms with E-state index < -0.39 is 0 Å². The summed E-state index contributed by atoms with van der Waals surface area (Å²) in [5, 5.41) is 0. The Morgan fingerprint density at radius 1 is 0.958 bits per heavy atom. The van der Waals surface area contributed by atoms with E-state index in [1.165, 1.54) is 58.4 Å². The summed E-state index contributed by atoms with van der Waals surface area (Å²) < 4.78 is 0. The molecule has 1 fully saturated rings. The van der Waals surface area contributed by atoms with Crippen molar-refractivity contribution in [3.8, 4) is 0 Å². The van der Waals surface area contributed by atoms with E-state index >= 15 is 0 Å². The van der Waals surface area contributed by atoms with Crippen molar-refractivity contribution in [3.05, 3.63) is 0 Å². The van der Waals surface area contributed by atoms with Gasteiger partial charge in [0, 0.05) is 18.6 Å². The average molecular weight is 340 g/mol. The molecule has 24 heavy (non-hydrogen) atoms. The lowest BCUT2D eigenvalue weighted by Crippen LogP contribution is -2.41. The molecule has 0 bridgehead atoms. The van der Waals surface area contributed by atoms with Crippen molar-refractivity contribution in [2.24, 2.45) is 11.3 Å². The van der Waals surface area contributed by atoms with Gasteiger partial charge < -0.3 is 14.7 Å². The normalized spacial score (nSPS) is 18.5. The SMILES string of the molecule is CC(C)N(C)CCC(C)(C)CCN(C)CC1CCN(C(C)C)CC1. The van der Waals surface area contributed by atoms with E-state index in [0.717, 1.165) is 5.92 Å². The van der Waals surface area contributed by atoms with Gasteiger partial charge in [0.15, 0.2) is 0 Å². The van der Waals surface area contributed by atoms with E-state index in [4.69, 9.17) is 0 Å². The first-order valence-corrected chi connectivity index (χ1v) is 10.2. The molecule has 144 valence electrons. The van der Waals surface area contributed by atoms with Crippen LogP contribution in [0.5, 0.6) is 0 Å². The first-order chi connectivity index (χ1) is 11.1. The molecule has 3 heteroatoms. The first-order valence-electron chi connectivity index (χ1n) is 10.2. The van der Waals surface area contributed by atoms with Crippen molar-refractivity contribution in [1.29, 1.82) is 0 Å².